The van der Waals surface area contributed by atoms with E-state index >= 15 is 0 Å². The van der Waals surface area contributed by atoms with Crippen molar-refractivity contribution in [3.8, 4) is 0 Å². The summed E-state index contributed by atoms with van der Waals surface area (Å²) in [6.45, 7) is 4.22. The highest BCUT2D eigenvalue weighted by Gasteiger charge is 2.54. The summed E-state index contributed by atoms with van der Waals surface area (Å²) in [5.41, 5.74) is -0.554. The lowest BCUT2D eigenvalue weighted by atomic mass is 9.77. The van der Waals surface area contributed by atoms with Gasteiger partial charge in [0.1, 0.15) is 11.6 Å². The molecule has 2 saturated carbocycles. The third kappa shape index (κ3) is 1.87. The molecule has 1 heterocycles. The number of carbonyl (C=O) groups is 2. The van der Waals surface area contributed by atoms with Gasteiger partial charge in [-0.05, 0) is 38.0 Å². The summed E-state index contributed by atoms with van der Waals surface area (Å²) in [7, 11) is 0. The van der Waals surface area contributed by atoms with Gasteiger partial charge >= 0.3 is 0 Å². The zero-order valence-corrected chi connectivity index (χ0v) is 11.9. The molecule has 0 aromatic rings. The number of piperazine rings is 1. The van der Waals surface area contributed by atoms with Crippen molar-refractivity contribution in [2.24, 2.45) is 5.92 Å². The van der Waals surface area contributed by atoms with Crippen molar-refractivity contribution in [3.63, 3.8) is 0 Å². The van der Waals surface area contributed by atoms with Crippen molar-refractivity contribution >= 4 is 11.8 Å². The predicted molar refractivity (Wildman–Crippen MR) is 72.5 cm³/mol. The van der Waals surface area contributed by atoms with Crippen LogP contribution in [0.15, 0.2) is 0 Å². The molecule has 0 radical (unpaired) electrons. The number of hydrogen-bond acceptors (Lipinski definition) is 2. The van der Waals surface area contributed by atoms with E-state index in [1.807, 2.05) is 11.8 Å². The zero-order chi connectivity index (χ0) is 13.6. The van der Waals surface area contributed by atoms with E-state index < -0.39 is 5.54 Å². The van der Waals surface area contributed by atoms with Crippen LogP contribution < -0.4 is 5.32 Å². The monoisotopic (exact) mass is 264 g/mol. The highest BCUT2D eigenvalue weighted by Crippen LogP contribution is 2.40. The van der Waals surface area contributed by atoms with Gasteiger partial charge in [0.2, 0.25) is 11.8 Å². The molecule has 3 aliphatic rings. The van der Waals surface area contributed by atoms with Crippen molar-refractivity contribution in [2.75, 3.05) is 0 Å². The maximum atomic E-state index is 12.9. The molecule has 1 spiro atoms. The molecule has 1 saturated heterocycles. The van der Waals surface area contributed by atoms with Crippen molar-refractivity contribution in [3.05, 3.63) is 0 Å². The van der Waals surface area contributed by atoms with Crippen LogP contribution in [0, 0.1) is 5.92 Å². The van der Waals surface area contributed by atoms with Crippen LogP contribution in [-0.4, -0.2) is 34.3 Å². The molecule has 1 atom stereocenters. The number of amides is 2. The highest BCUT2D eigenvalue weighted by molar-refractivity contribution is 6.00. The third-order valence-corrected chi connectivity index (χ3v) is 5.23. The van der Waals surface area contributed by atoms with Crippen LogP contribution in [0.5, 0.6) is 0 Å². The lowest BCUT2D eigenvalue weighted by molar-refractivity contribution is -0.161. The van der Waals surface area contributed by atoms with Gasteiger partial charge in [-0.25, -0.2) is 0 Å². The Kier molecular flexibility index (Phi) is 3.06. The van der Waals surface area contributed by atoms with Gasteiger partial charge in [-0.15, -0.1) is 0 Å². The number of nitrogens with one attached hydrogen (secondary N) is 1. The summed E-state index contributed by atoms with van der Waals surface area (Å²) >= 11 is 0. The standard InChI is InChI=1S/C15H24N2O2/c1-3-12-13(18)16-15(6-4-5-7-15)14(19)17(12)11-8-10(2)9-11/h10-12H,3-9H2,1-2H3,(H,16,18). The molecule has 3 fully saturated rings. The van der Waals surface area contributed by atoms with Crippen LogP contribution in [0.4, 0.5) is 0 Å². The van der Waals surface area contributed by atoms with Gasteiger partial charge in [-0.1, -0.05) is 26.7 Å². The van der Waals surface area contributed by atoms with E-state index in [1.165, 1.54) is 0 Å². The summed E-state index contributed by atoms with van der Waals surface area (Å²) in [6, 6.07) is 0.0622. The molecule has 19 heavy (non-hydrogen) atoms. The van der Waals surface area contributed by atoms with Gasteiger partial charge in [0.05, 0.1) is 0 Å². The SMILES string of the molecule is CCC1C(=O)NC2(CCCC2)C(=O)N1C1CC(C)C1. The van der Waals surface area contributed by atoms with E-state index in [2.05, 4.69) is 12.2 Å². The van der Waals surface area contributed by atoms with Gasteiger partial charge in [0.15, 0.2) is 0 Å². The highest BCUT2D eigenvalue weighted by atomic mass is 16.2. The average molecular weight is 264 g/mol. The Balaban J connectivity index is 1.88. The normalized spacial score (nSPS) is 37.4. The van der Waals surface area contributed by atoms with Crippen LogP contribution in [0.25, 0.3) is 0 Å². The molecular weight excluding hydrogens is 240 g/mol. The Bertz CT molecular complexity index is 395. The molecule has 2 aliphatic carbocycles. The summed E-state index contributed by atoms with van der Waals surface area (Å²) in [6.07, 6.45) is 6.60. The molecule has 1 unspecified atom stereocenters. The predicted octanol–water partition coefficient (Wildman–Crippen LogP) is 1.83. The largest absolute Gasteiger partial charge is 0.340 e. The molecule has 106 valence electrons. The van der Waals surface area contributed by atoms with E-state index in [1.54, 1.807) is 0 Å². The minimum atomic E-state index is -0.554. The average Bonchev–Trinajstić information content (AvgIpc) is 2.79. The minimum absolute atomic E-state index is 0.0727. The quantitative estimate of drug-likeness (QED) is 0.827. The first kappa shape index (κ1) is 12.9. The topological polar surface area (TPSA) is 49.4 Å². The van der Waals surface area contributed by atoms with Crippen molar-refractivity contribution in [1.82, 2.24) is 10.2 Å². The van der Waals surface area contributed by atoms with Crippen LogP contribution in [0.3, 0.4) is 0 Å². The fourth-order valence-corrected chi connectivity index (χ4v) is 4.09. The number of rotatable bonds is 2. The van der Waals surface area contributed by atoms with Gasteiger partial charge < -0.3 is 10.2 Å². The van der Waals surface area contributed by atoms with Crippen molar-refractivity contribution < 1.29 is 9.59 Å². The molecule has 0 bridgehead atoms. The van der Waals surface area contributed by atoms with Crippen molar-refractivity contribution in [1.29, 1.82) is 0 Å². The lowest BCUT2D eigenvalue weighted by Gasteiger charge is -2.51. The van der Waals surface area contributed by atoms with Crippen LogP contribution in [0.2, 0.25) is 0 Å². The van der Waals surface area contributed by atoms with E-state index in [0.29, 0.717) is 12.0 Å². The summed E-state index contributed by atoms with van der Waals surface area (Å²) in [5.74, 6) is 0.969. The van der Waals surface area contributed by atoms with E-state index in [9.17, 15) is 9.59 Å². The molecule has 1 aliphatic heterocycles. The third-order valence-electron chi connectivity index (χ3n) is 5.23. The zero-order valence-electron chi connectivity index (χ0n) is 11.9. The maximum Gasteiger partial charge on any atom is 0.249 e. The van der Waals surface area contributed by atoms with Crippen molar-refractivity contribution in [2.45, 2.75) is 76.4 Å². The Labute approximate surface area is 114 Å². The molecule has 1 N–H and O–H groups in total. The number of carbonyl (C=O) groups excluding carboxylic acids is 2. The fraction of sp³-hybridized carbons (Fsp3) is 0.867. The molecule has 2 amide bonds. The summed E-state index contributed by atoms with van der Waals surface area (Å²) in [4.78, 5) is 27.2. The van der Waals surface area contributed by atoms with E-state index in [0.717, 1.165) is 44.9 Å². The van der Waals surface area contributed by atoms with E-state index in [-0.39, 0.29) is 17.9 Å². The molecule has 4 heteroatoms. The number of nitrogens with zero attached hydrogens (tertiary/aromatic N) is 1. The van der Waals surface area contributed by atoms with Crippen LogP contribution in [-0.2, 0) is 9.59 Å². The first-order valence-electron chi connectivity index (χ1n) is 7.72. The maximum absolute atomic E-state index is 12.9. The molecule has 3 rings (SSSR count). The Morgan fingerprint density at radius 2 is 1.89 bits per heavy atom. The second-order valence-electron chi connectivity index (χ2n) is 6.65. The van der Waals surface area contributed by atoms with E-state index in [4.69, 9.17) is 0 Å². The van der Waals surface area contributed by atoms with Gasteiger partial charge in [0.25, 0.3) is 0 Å². The Hall–Kier alpha value is -1.06. The number of hydrogen-bond donors (Lipinski definition) is 1. The summed E-state index contributed by atoms with van der Waals surface area (Å²) in [5, 5.41) is 3.06. The molecular formula is C15H24N2O2. The molecule has 0 aromatic carbocycles. The lowest BCUT2D eigenvalue weighted by Crippen LogP contribution is -2.72. The Morgan fingerprint density at radius 3 is 2.42 bits per heavy atom. The second kappa shape index (κ2) is 4.50. The second-order valence-corrected chi connectivity index (χ2v) is 6.65. The first-order chi connectivity index (χ1) is 9.07. The molecule has 4 nitrogen and oxygen atoms in total. The fourth-order valence-electron chi connectivity index (χ4n) is 4.09. The summed E-state index contributed by atoms with van der Waals surface area (Å²) < 4.78 is 0. The van der Waals surface area contributed by atoms with Gasteiger partial charge in [-0.2, -0.15) is 0 Å². The van der Waals surface area contributed by atoms with Crippen LogP contribution in [0.1, 0.15) is 58.8 Å². The Morgan fingerprint density at radius 1 is 1.26 bits per heavy atom. The smallest absolute Gasteiger partial charge is 0.249 e. The minimum Gasteiger partial charge on any atom is -0.340 e. The first-order valence-corrected chi connectivity index (χ1v) is 7.72. The van der Waals surface area contributed by atoms with Gasteiger partial charge in [-0.3, -0.25) is 9.59 Å². The van der Waals surface area contributed by atoms with Gasteiger partial charge in [0, 0.05) is 6.04 Å². The molecule has 0 aromatic heterocycles. The van der Waals surface area contributed by atoms with Crippen LogP contribution >= 0.6 is 0 Å².